The fraction of sp³-hybridized carbons (Fsp3) is 0.176. The summed E-state index contributed by atoms with van der Waals surface area (Å²) in [6.45, 7) is 0.378. The summed E-state index contributed by atoms with van der Waals surface area (Å²) in [5.41, 5.74) is 13.1. The highest BCUT2D eigenvalue weighted by Gasteiger charge is 2.14. The Balaban J connectivity index is 2.10. The molecular formula is C17H19FN4O2. The predicted octanol–water partition coefficient (Wildman–Crippen LogP) is 1.97. The van der Waals surface area contributed by atoms with Crippen molar-refractivity contribution in [3.05, 3.63) is 53.8 Å². The van der Waals surface area contributed by atoms with Crippen LogP contribution in [-0.2, 0) is 4.79 Å². The molecule has 0 unspecified atom stereocenters. The van der Waals surface area contributed by atoms with Gasteiger partial charge in [0, 0.05) is 31.3 Å². The second-order valence-electron chi connectivity index (χ2n) is 5.29. The summed E-state index contributed by atoms with van der Waals surface area (Å²) < 4.78 is 12.9. The number of nitrogen functional groups attached to an aromatic ring is 1. The van der Waals surface area contributed by atoms with Crippen molar-refractivity contribution in [2.24, 2.45) is 5.73 Å². The Hall–Kier alpha value is -3.09. The van der Waals surface area contributed by atoms with E-state index in [0.29, 0.717) is 29.2 Å². The van der Waals surface area contributed by atoms with Gasteiger partial charge in [0.15, 0.2) is 0 Å². The molecule has 0 radical (unpaired) electrons. The second-order valence-corrected chi connectivity index (χ2v) is 5.29. The lowest BCUT2D eigenvalue weighted by Gasteiger charge is -2.19. The minimum Gasteiger partial charge on any atom is -0.397 e. The maximum Gasteiger partial charge on any atom is 0.258 e. The molecule has 2 aromatic carbocycles. The fourth-order valence-corrected chi connectivity index (χ4v) is 2.14. The van der Waals surface area contributed by atoms with Crippen LogP contribution in [0.5, 0.6) is 0 Å². The third-order valence-corrected chi connectivity index (χ3v) is 3.51. The molecule has 5 N–H and O–H groups in total. The molecule has 2 amide bonds. The van der Waals surface area contributed by atoms with Crippen LogP contribution in [0.2, 0.25) is 0 Å². The van der Waals surface area contributed by atoms with Crippen LogP contribution in [0.3, 0.4) is 0 Å². The van der Waals surface area contributed by atoms with Gasteiger partial charge in [0.05, 0.1) is 11.4 Å². The summed E-state index contributed by atoms with van der Waals surface area (Å²) in [6, 6.07) is 10.4. The third-order valence-electron chi connectivity index (χ3n) is 3.51. The Labute approximate surface area is 139 Å². The van der Waals surface area contributed by atoms with Gasteiger partial charge in [0.25, 0.3) is 5.91 Å². The molecular weight excluding hydrogens is 311 g/mol. The first kappa shape index (κ1) is 17.3. The zero-order chi connectivity index (χ0) is 17.7. The first-order valence-corrected chi connectivity index (χ1v) is 7.34. The van der Waals surface area contributed by atoms with Crippen molar-refractivity contribution in [1.82, 2.24) is 0 Å². The first-order chi connectivity index (χ1) is 11.4. The molecule has 0 fully saturated rings. The van der Waals surface area contributed by atoms with Crippen LogP contribution in [0.4, 0.5) is 21.5 Å². The van der Waals surface area contributed by atoms with Gasteiger partial charge in [-0.15, -0.1) is 0 Å². The van der Waals surface area contributed by atoms with E-state index in [0.717, 1.165) is 0 Å². The van der Waals surface area contributed by atoms with E-state index in [4.69, 9.17) is 11.5 Å². The molecule has 2 aromatic rings. The SMILES string of the molecule is CN(C(=O)c1ccc(F)cc1)c1ccc(NCCC(N)=O)c(N)c1. The van der Waals surface area contributed by atoms with Crippen molar-refractivity contribution in [2.75, 3.05) is 29.5 Å². The van der Waals surface area contributed by atoms with Gasteiger partial charge in [-0.2, -0.15) is 0 Å². The van der Waals surface area contributed by atoms with Crippen LogP contribution >= 0.6 is 0 Å². The van der Waals surface area contributed by atoms with Gasteiger partial charge in [-0.05, 0) is 42.5 Å². The van der Waals surface area contributed by atoms with Gasteiger partial charge in [-0.3, -0.25) is 9.59 Å². The Morgan fingerprint density at radius 1 is 1.17 bits per heavy atom. The molecule has 0 bridgehead atoms. The smallest absolute Gasteiger partial charge is 0.258 e. The van der Waals surface area contributed by atoms with Crippen LogP contribution < -0.4 is 21.7 Å². The number of hydrogen-bond acceptors (Lipinski definition) is 4. The molecule has 0 spiro atoms. The maximum absolute atomic E-state index is 12.9. The van der Waals surface area contributed by atoms with E-state index in [2.05, 4.69) is 5.32 Å². The highest BCUT2D eigenvalue weighted by molar-refractivity contribution is 6.06. The largest absolute Gasteiger partial charge is 0.397 e. The molecule has 2 rings (SSSR count). The second kappa shape index (κ2) is 7.45. The zero-order valence-corrected chi connectivity index (χ0v) is 13.3. The van der Waals surface area contributed by atoms with Gasteiger partial charge < -0.3 is 21.7 Å². The molecule has 0 aliphatic rings. The summed E-state index contributed by atoms with van der Waals surface area (Å²) in [6.07, 6.45) is 0.199. The molecule has 0 saturated heterocycles. The van der Waals surface area contributed by atoms with Crippen molar-refractivity contribution < 1.29 is 14.0 Å². The summed E-state index contributed by atoms with van der Waals surface area (Å²) in [5.74, 6) is -1.07. The molecule has 0 heterocycles. The molecule has 126 valence electrons. The standard InChI is InChI=1S/C17H19FN4O2/c1-22(17(24)11-2-4-12(18)5-3-11)13-6-7-15(14(19)10-13)21-9-8-16(20)23/h2-7,10,21H,8-9,19H2,1H3,(H2,20,23). The number of nitrogens with zero attached hydrogens (tertiary/aromatic N) is 1. The van der Waals surface area contributed by atoms with Gasteiger partial charge in [0.2, 0.25) is 5.91 Å². The van der Waals surface area contributed by atoms with Gasteiger partial charge in [0.1, 0.15) is 5.82 Å². The molecule has 0 aliphatic heterocycles. The van der Waals surface area contributed by atoms with Crippen LogP contribution in [0.15, 0.2) is 42.5 Å². The average Bonchev–Trinajstić information content (AvgIpc) is 2.55. The van der Waals surface area contributed by atoms with Gasteiger partial charge in [-0.1, -0.05) is 0 Å². The van der Waals surface area contributed by atoms with Crippen molar-refractivity contribution >= 4 is 28.9 Å². The average molecular weight is 330 g/mol. The monoisotopic (exact) mass is 330 g/mol. The van der Waals surface area contributed by atoms with Crippen molar-refractivity contribution in [2.45, 2.75) is 6.42 Å². The van der Waals surface area contributed by atoms with Crippen LogP contribution in [0.25, 0.3) is 0 Å². The predicted molar refractivity (Wildman–Crippen MR) is 92.3 cm³/mol. The lowest BCUT2D eigenvalue weighted by molar-refractivity contribution is -0.117. The number of nitrogens with two attached hydrogens (primary N) is 2. The minimum atomic E-state index is -0.401. The van der Waals surface area contributed by atoms with E-state index >= 15 is 0 Å². The Kier molecular flexibility index (Phi) is 5.36. The number of primary amides is 1. The molecule has 0 atom stereocenters. The zero-order valence-electron chi connectivity index (χ0n) is 13.3. The fourth-order valence-electron chi connectivity index (χ4n) is 2.14. The number of hydrogen-bond donors (Lipinski definition) is 3. The molecule has 0 aromatic heterocycles. The number of amides is 2. The van der Waals surface area contributed by atoms with Gasteiger partial charge in [-0.25, -0.2) is 4.39 Å². The Bertz CT molecular complexity index is 747. The number of anilines is 3. The van der Waals surface area contributed by atoms with E-state index in [1.807, 2.05) is 0 Å². The van der Waals surface area contributed by atoms with Crippen molar-refractivity contribution in [1.29, 1.82) is 0 Å². The molecule has 0 saturated carbocycles. The molecule has 6 nitrogen and oxygen atoms in total. The molecule has 24 heavy (non-hydrogen) atoms. The van der Waals surface area contributed by atoms with Crippen LogP contribution in [-0.4, -0.2) is 25.4 Å². The number of benzene rings is 2. The van der Waals surface area contributed by atoms with E-state index in [1.165, 1.54) is 29.2 Å². The molecule has 0 aliphatic carbocycles. The highest BCUT2D eigenvalue weighted by atomic mass is 19.1. The Morgan fingerprint density at radius 2 is 1.83 bits per heavy atom. The van der Waals surface area contributed by atoms with Crippen molar-refractivity contribution in [3.63, 3.8) is 0 Å². The number of carbonyl (C=O) groups is 2. The maximum atomic E-state index is 12.9. The molecule has 7 heteroatoms. The van der Waals surface area contributed by atoms with Crippen LogP contribution in [0, 0.1) is 5.82 Å². The van der Waals surface area contributed by atoms with E-state index < -0.39 is 11.7 Å². The number of carbonyl (C=O) groups excluding carboxylic acids is 2. The lowest BCUT2D eigenvalue weighted by Crippen LogP contribution is -2.26. The van der Waals surface area contributed by atoms with Crippen LogP contribution in [0.1, 0.15) is 16.8 Å². The lowest BCUT2D eigenvalue weighted by atomic mass is 10.1. The summed E-state index contributed by atoms with van der Waals surface area (Å²) >= 11 is 0. The number of halogens is 1. The summed E-state index contributed by atoms with van der Waals surface area (Å²) in [4.78, 5) is 24.6. The highest BCUT2D eigenvalue weighted by Crippen LogP contribution is 2.25. The summed E-state index contributed by atoms with van der Waals surface area (Å²) in [5, 5.41) is 3.01. The van der Waals surface area contributed by atoms with Crippen molar-refractivity contribution in [3.8, 4) is 0 Å². The quantitative estimate of drug-likeness (QED) is 0.705. The first-order valence-electron chi connectivity index (χ1n) is 7.34. The summed E-state index contributed by atoms with van der Waals surface area (Å²) in [7, 11) is 1.61. The van der Waals surface area contributed by atoms with E-state index in [1.54, 1.807) is 25.2 Å². The minimum absolute atomic E-state index is 0.199. The third kappa shape index (κ3) is 4.22. The topological polar surface area (TPSA) is 101 Å². The van der Waals surface area contributed by atoms with Gasteiger partial charge >= 0.3 is 0 Å². The Morgan fingerprint density at radius 3 is 2.42 bits per heavy atom. The van der Waals surface area contributed by atoms with E-state index in [-0.39, 0.29) is 12.3 Å². The number of nitrogens with one attached hydrogen (secondary N) is 1. The number of rotatable bonds is 6. The normalized spacial score (nSPS) is 10.2. The van der Waals surface area contributed by atoms with E-state index in [9.17, 15) is 14.0 Å².